The van der Waals surface area contributed by atoms with Crippen LogP contribution in [0.1, 0.15) is 51.9 Å². The molecule has 2 fully saturated rings. The maximum Gasteiger partial charge on any atom is 0.235 e. The van der Waals surface area contributed by atoms with Crippen LogP contribution in [0.3, 0.4) is 0 Å². The van der Waals surface area contributed by atoms with E-state index >= 15 is 0 Å². The first-order chi connectivity index (χ1) is 9.47. The zero-order valence-corrected chi connectivity index (χ0v) is 13.1. The van der Waals surface area contributed by atoms with Gasteiger partial charge in [-0.1, -0.05) is 44.8 Å². The van der Waals surface area contributed by atoms with Crippen molar-refractivity contribution in [2.75, 3.05) is 13.1 Å². The molecule has 5 heteroatoms. The number of nitrogens with zero attached hydrogens (tertiary/aromatic N) is 1. The fourth-order valence-corrected chi connectivity index (χ4v) is 3.73. The number of nitrogens with two attached hydrogens (primary N) is 1. The van der Waals surface area contributed by atoms with Crippen LogP contribution in [0.4, 0.5) is 0 Å². The summed E-state index contributed by atoms with van der Waals surface area (Å²) < 4.78 is 0. The highest BCUT2D eigenvalue weighted by Gasteiger charge is 2.45. The molecule has 114 valence electrons. The topological polar surface area (TPSA) is 66.6 Å². The van der Waals surface area contributed by atoms with Gasteiger partial charge in [0, 0.05) is 13.1 Å². The Morgan fingerprint density at radius 1 is 1.30 bits per heavy atom. The number of carbonyl (C=O) groups excluding carboxylic acids is 1. The molecule has 1 heterocycles. The molecule has 2 aliphatic rings. The van der Waals surface area contributed by atoms with Crippen molar-refractivity contribution in [3.63, 3.8) is 0 Å². The zero-order valence-electron chi connectivity index (χ0n) is 12.3. The minimum atomic E-state index is -0.661. The molecule has 1 aliphatic heterocycles. The molecule has 20 heavy (non-hydrogen) atoms. The molecule has 0 radical (unpaired) electrons. The van der Waals surface area contributed by atoms with Crippen molar-refractivity contribution in [3.8, 4) is 0 Å². The van der Waals surface area contributed by atoms with E-state index in [4.69, 9.17) is 18.0 Å². The molecule has 2 atom stereocenters. The van der Waals surface area contributed by atoms with Crippen LogP contribution < -0.4 is 5.73 Å². The van der Waals surface area contributed by atoms with Crippen molar-refractivity contribution < 1.29 is 9.90 Å². The highest BCUT2D eigenvalue weighted by molar-refractivity contribution is 7.80. The molecule has 4 nitrogen and oxygen atoms in total. The van der Waals surface area contributed by atoms with Gasteiger partial charge in [0.1, 0.15) is 0 Å². The highest BCUT2D eigenvalue weighted by Crippen LogP contribution is 2.38. The Morgan fingerprint density at radius 3 is 2.40 bits per heavy atom. The molecule has 1 saturated carbocycles. The Morgan fingerprint density at radius 2 is 1.90 bits per heavy atom. The van der Waals surface area contributed by atoms with Crippen LogP contribution in [-0.2, 0) is 4.79 Å². The van der Waals surface area contributed by atoms with Gasteiger partial charge in [-0.25, -0.2) is 0 Å². The van der Waals surface area contributed by atoms with Crippen LogP contribution in [0.5, 0.6) is 0 Å². The molecule has 1 amide bonds. The van der Waals surface area contributed by atoms with Crippen molar-refractivity contribution in [1.82, 2.24) is 4.90 Å². The van der Waals surface area contributed by atoms with Crippen LogP contribution >= 0.6 is 12.2 Å². The van der Waals surface area contributed by atoms with Gasteiger partial charge >= 0.3 is 0 Å². The summed E-state index contributed by atoms with van der Waals surface area (Å²) in [6.07, 6.45) is 6.27. The molecule has 0 bridgehead atoms. The van der Waals surface area contributed by atoms with E-state index in [0.717, 1.165) is 44.9 Å². The second-order valence-corrected chi connectivity index (χ2v) is 6.88. The van der Waals surface area contributed by atoms with Gasteiger partial charge < -0.3 is 15.7 Å². The predicted molar refractivity (Wildman–Crippen MR) is 83.3 cm³/mol. The summed E-state index contributed by atoms with van der Waals surface area (Å²) >= 11 is 5.25. The van der Waals surface area contributed by atoms with Gasteiger partial charge in [-0.05, 0) is 25.2 Å². The van der Waals surface area contributed by atoms with Gasteiger partial charge in [0.15, 0.2) is 0 Å². The molecule has 0 aromatic rings. The number of aliphatic hydroxyl groups excluding tert-OH is 1. The normalized spacial score (nSPS) is 30.6. The number of rotatable bonds is 2. The van der Waals surface area contributed by atoms with Crippen LogP contribution in [0.25, 0.3) is 0 Å². The third-order valence-corrected chi connectivity index (χ3v) is 5.43. The van der Waals surface area contributed by atoms with E-state index in [0.29, 0.717) is 18.1 Å². The first-order valence-corrected chi connectivity index (χ1v) is 8.15. The summed E-state index contributed by atoms with van der Waals surface area (Å²) in [5.74, 6) is 0.312. The number of piperidine rings is 1. The third-order valence-electron chi connectivity index (χ3n) is 5.04. The molecular formula is C15H26N2O2S. The fraction of sp³-hybridized carbons (Fsp3) is 0.867. The predicted octanol–water partition coefficient (Wildman–Crippen LogP) is 1.84. The van der Waals surface area contributed by atoms with Crippen molar-refractivity contribution in [2.45, 2.75) is 58.0 Å². The number of hydrogen-bond donors (Lipinski definition) is 2. The number of amides is 1. The van der Waals surface area contributed by atoms with E-state index in [-0.39, 0.29) is 11.8 Å². The Kier molecular flexibility index (Phi) is 5.02. The van der Waals surface area contributed by atoms with E-state index in [1.807, 2.05) is 6.92 Å². The summed E-state index contributed by atoms with van der Waals surface area (Å²) in [7, 11) is 0. The molecule has 2 rings (SSSR count). The van der Waals surface area contributed by atoms with Gasteiger partial charge in [-0.3, -0.25) is 4.79 Å². The number of β-amino-alcohol motifs (C(OH)–C–C–N with tert-alkyl or cyclic N) is 1. The van der Waals surface area contributed by atoms with Gasteiger partial charge in [0.25, 0.3) is 0 Å². The van der Waals surface area contributed by atoms with Crippen LogP contribution in [-0.4, -0.2) is 40.1 Å². The van der Waals surface area contributed by atoms with Crippen LogP contribution in [0.2, 0.25) is 0 Å². The Labute approximate surface area is 126 Å². The monoisotopic (exact) mass is 298 g/mol. The first kappa shape index (κ1) is 15.7. The second-order valence-electron chi connectivity index (χ2n) is 6.45. The molecule has 1 saturated heterocycles. The first-order valence-electron chi connectivity index (χ1n) is 7.75. The molecule has 2 unspecified atom stereocenters. The van der Waals surface area contributed by atoms with Gasteiger partial charge in [0.2, 0.25) is 5.91 Å². The SMILES string of the molecule is CC1CCN(C(=O)C2(C(N)=S)CCCCCC2)CC1O. The highest BCUT2D eigenvalue weighted by atomic mass is 32.1. The summed E-state index contributed by atoms with van der Waals surface area (Å²) in [5, 5.41) is 10.0. The molecule has 3 N–H and O–H groups in total. The quantitative estimate of drug-likeness (QED) is 0.603. The Hall–Kier alpha value is -0.680. The largest absolute Gasteiger partial charge is 0.392 e. The lowest BCUT2D eigenvalue weighted by atomic mass is 9.78. The molecule has 0 spiro atoms. The average molecular weight is 298 g/mol. The lowest BCUT2D eigenvalue weighted by molar-refractivity contribution is -0.143. The molecule has 0 aromatic carbocycles. The Bertz CT molecular complexity index is 378. The standard InChI is InChI=1S/C15H26N2O2S/c1-11-6-9-17(10-12(11)18)14(19)15(13(16)20)7-4-2-3-5-8-15/h11-12,18H,2-10H2,1H3,(H2,16,20). The summed E-state index contributed by atoms with van der Waals surface area (Å²) in [4.78, 5) is 15.1. The number of thiocarbonyl (C=S) groups is 1. The van der Waals surface area contributed by atoms with E-state index in [9.17, 15) is 9.90 Å². The number of aliphatic hydroxyl groups is 1. The molecular weight excluding hydrogens is 272 g/mol. The maximum absolute atomic E-state index is 13.0. The van der Waals surface area contributed by atoms with Crippen molar-refractivity contribution in [3.05, 3.63) is 0 Å². The van der Waals surface area contributed by atoms with Crippen molar-refractivity contribution >= 4 is 23.1 Å². The van der Waals surface area contributed by atoms with Gasteiger partial charge in [-0.15, -0.1) is 0 Å². The Balaban J connectivity index is 2.16. The minimum absolute atomic E-state index is 0.0536. The number of carbonyl (C=O) groups is 1. The third kappa shape index (κ3) is 2.98. The van der Waals surface area contributed by atoms with Crippen molar-refractivity contribution in [1.29, 1.82) is 0 Å². The minimum Gasteiger partial charge on any atom is -0.392 e. The smallest absolute Gasteiger partial charge is 0.235 e. The average Bonchev–Trinajstić information content (AvgIpc) is 2.67. The number of likely N-dealkylation sites (tertiary alicyclic amines) is 1. The van der Waals surface area contributed by atoms with Gasteiger partial charge in [0.05, 0.1) is 16.5 Å². The van der Waals surface area contributed by atoms with Gasteiger partial charge in [-0.2, -0.15) is 0 Å². The molecule has 0 aromatic heterocycles. The fourth-order valence-electron chi connectivity index (χ4n) is 3.43. The van der Waals surface area contributed by atoms with Crippen LogP contribution in [0, 0.1) is 11.3 Å². The van der Waals surface area contributed by atoms with E-state index < -0.39 is 11.5 Å². The zero-order chi connectivity index (χ0) is 14.8. The number of hydrogen-bond acceptors (Lipinski definition) is 3. The van der Waals surface area contributed by atoms with E-state index in [1.54, 1.807) is 4.90 Å². The second kappa shape index (κ2) is 6.39. The lowest BCUT2D eigenvalue weighted by Gasteiger charge is -2.40. The maximum atomic E-state index is 13.0. The molecule has 1 aliphatic carbocycles. The summed E-state index contributed by atoms with van der Waals surface area (Å²) in [6.45, 7) is 3.16. The van der Waals surface area contributed by atoms with E-state index in [2.05, 4.69) is 0 Å². The lowest BCUT2D eigenvalue weighted by Crippen LogP contribution is -2.55. The summed E-state index contributed by atoms with van der Waals surface area (Å²) in [5.41, 5.74) is 5.30. The van der Waals surface area contributed by atoms with E-state index in [1.165, 1.54) is 0 Å². The summed E-state index contributed by atoms with van der Waals surface area (Å²) in [6, 6.07) is 0. The van der Waals surface area contributed by atoms with Crippen LogP contribution in [0.15, 0.2) is 0 Å². The van der Waals surface area contributed by atoms with Crippen molar-refractivity contribution in [2.24, 2.45) is 17.1 Å².